The summed E-state index contributed by atoms with van der Waals surface area (Å²) in [4.78, 5) is 51.4. The second kappa shape index (κ2) is 13.5. The van der Waals surface area contributed by atoms with E-state index < -0.39 is 41.9 Å². The monoisotopic (exact) mass is 719 g/mol. The van der Waals surface area contributed by atoms with E-state index in [0.29, 0.717) is 16.7 Å². The van der Waals surface area contributed by atoms with Crippen LogP contribution in [0.25, 0.3) is 0 Å². The molecule has 3 rings (SSSR count). The maximum absolute atomic E-state index is 13.1. The van der Waals surface area contributed by atoms with Crippen LogP contribution >= 0.6 is 37.2 Å². The SMILES string of the molecule is CCOC(=O)CC(NC(=O)CN1C(=O)NC(C)(c2ccc(C(=N)N)cc2)C1=O)c1ccccc1.II. The number of carbonyl (C=O) groups is 4. The number of halogens is 2. The van der Waals surface area contributed by atoms with E-state index in [2.05, 4.69) is 47.9 Å². The van der Waals surface area contributed by atoms with Gasteiger partial charge in [0.1, 0.15) is 17.9 Å². The molecule has 2 aromatic carbocycles. The zero-order valence-electron chi connectivity index (χ0n) is 19.7. The third-order valence-corrected chi connectivity index (χ3v) is 5.56. The van der Waals surface area contributed by atoms with Crippen LogP contribution in [0.5, 0.6) is 0 Å². The Morgan fingerprint density at radius 1 is 1.14 bits per heavy atom. The lowest BCUT2D eigenvalue weighted by molar-refractivity contribution is -0.144. The Hall–Kier alpha value is -2.75. The molecular formula is C24H27I2N5O5. The van der Waals surface area contributed by atoms with Crippen LogP contribution in [0.15, 0.2) is 54.6 Å². The lowest BCUT2D eigenvalue weighted by Gasteiger charge is -2.23. The summed E-state index contributed by atoms with van der Waals surface area (Å²) in [6.45, 7) is 2.93. The summed E-state index contributed by atoms with van der Waals surface area (Å²) in [7, 11) is 0. The molecule has 4 amide bonds. The van der Waals surface area contributed by atoms with E-state index in [4.69, 9.17) is 15.9 Å². The molecule has 36 heavy (non-hydrogen) atoms. The van der Waals surface area contributed by atoms with Gasteiger partial charge in [-0.25, -0.2) is 4.79 Å². The lowest BCUT2D eigenvalue weighted by atomic mass is 9.91. The largest absolute Gasteiger partial charge is 0.466 e. The number of nitrogens with zero attached hydrogens (tertiary/aromatic N) is 1. The molecular weight excluding hydrogens is 692 g/mol. The molecule has 2 aromatic rings. The van der Waals surface area contributed by atoms with Gasteiger partial charge >= 0.3 is 12.0 Å². The molecule has 1 aliphatic rings. The van der Waals surface area contributed by atoms with Gasteiger partial charge in [0.2, 0.25) is 5.91 Å². The molecule has 1 heterocycles. The number of esters is 1. The van der Waals surface area contributed by atoms with Crippen LogP contribution in [0.1, 0.15) is 43.0 Å². The molecule has 0 saturated carbocycles. The first-order valence-electron chi connectivity index (χ1n) is 10.9. The molecule has 0 aliphatic carbocycles. The van der Waals surface area contributed by atoms with Crippen molar-refractivity contribution in [3.05, 3.63) is 71.3 Å². The van der Waals surface area contributed by atoms with Gasteiger partial charge in [-0.3, -0.25) is 24.7 Å². The van der Waals surface area contributed by atoms with Crippen molar-refractivity contribution >= 4 is 66.9 Å². The second-order valence-electron chi connectivity index (χ2n) is 7.98. The van der Waals surface area contributed by atoms with E-state index in [-0.39, 0.29) is 18.9 Å². The van der Waals surface area contributed by atoms with E-state index >= 15 is 0 Å². The summed E-state index contributed by atoms with van der Waals surface area (Å²) in [5.41, 5.74) is 5.75. The number of rotatable bonds is 9. The molecule has 1 fully saturated rings. The van der Waals surface area contributed by atoms with Gasteiger partial charge < -0.3 is 21.1 Å². The normalized spacial score (nSPS) is 17.4. The highest BCUT2D eigenvalue weighted by Crippen LogP contribution is 2.29. The average molecular weight is 719 g/mol. The molecule has 2 unspecified atom stereocenters. The van der Waals surface area contributed by atoms with Gasteiger partial charge in [0.05, 0.1) is 19.1 Å². The minimum Gasteiger partial charge on any atom is -0.466 e. The fourth-order valence-corrected chi connectivity index (χ4v) is 3.73. The Labute approximate surface area is 232 Å². The van der Waals surface area contributed by atoms with Gasteiger partial charge in [-0.1, -0.05) is 54.6 Å². The van der Waals surface area contributed by atoms with Crippen LogP contribution in [0.2, 0.25) is 0 Å². The van der Waals surface area contributed by atoms with Crippen molar-refractivity contribution in [3.8, 4) is 0 Å². The molecule has 192 valence electrons. The van der Waals surface area contributed by atoms with Crippen molar-refractivity contribution < 1.29 is 23.9 Å². The molecule has 0 spiro atoms. The molecule has 10 nitrogen and oxygen atoms in total. The maximum Gasteiger partial charge on any atom is 0.325 e. The Balaban J connectivity index is 0.00000222. The standard InChI is InChI=1S/C24H27N5O5.I2/c1-3-34-20(31)13-18(15-7-5-4-6-8-15)27-19(30)14-29-22(32)24(2,28-23(29)33)17-11-9-16(10-12-17)21(25)26;1-2/h4-12,18H,3,13-14H2,1-2H3,(H3,25,26)(H,27,30)(H,28,33);. The van der Waals surface area contributed by atoms with Crippen LogP contribution in [0.4, 0.5) is 4.79 Å². The number of nitrogen functional groups attached to an aromatic ring is 1. The number of ether oxygens (including phenoxy) is 1. The molecule has 2 atom stereocenters. The Morgan fingerprint density at radius 3 is 2.31 bits per heavy atom. The molecule has 0 radical (unpaired) electrons. The predicted molar refractivity (Wildman–Crippen MR) is 152 cm³/mol. The third-order valence-electron chi connectivity index (χ3n) is 5.56. The van der Waals surface area contributed by atoms with Gasteiger partial charge in [0.15, 0.2) is 0 Å². The molecule has 0 aromatic heterocycles. The minimum atomic E-state index is -1.38. The highest BCUT2D eigenvalue weighted by atomic mass is 128. The number of amidine groups is 1. The van der Waals surface area contributed by atoms with Crippen LogP contribution in [-0.2, 0) is 24.7 Å². The highest BCUT2D eigenvalue weighted by Gasteiger charge is 2.49. The van der Waals surface area contributed by atoms with Crippen molar-refractivity contribution in [1.82, 2.24) is 15.5 Å². The van der Waals surface area contributed by atoms with Crippen molar-refractivity contribution in [1.29, 1.82) is 5.41 Å². The first-order chi connectivity index (χ1) is 17.2. The summed E-state index contributed by atoms with van der Waals surface area (Å²) >= 11 is 4.24. The first-order valence-corrected chi connectivity index (χ1v) is 17.2. The van der Waals surface area contributed by atoms with Crippen LogP contribution in [-0.4, -0.2) is 47.7 Å². The fourth-order valence-electron chi connectivity index (χ4n) is 3.73. The molecule has 0 bridgehead atoms. The van der Waals surface area contributed by atoms with Crippen molar-refractivity contribution in [2.24, 2.45) is 5.73 Å². The summed E-state index contributed by atoms with van der Waals surface area (Å²) in [6, 6.07) is 13.9. The summed E-state index contributed by atoms with van der Waals surface area (Å²) < 4.78 is 5.00. The number of nitrogens with two attached hydrogens (primary N) is 1. The summed E-state index contributed by atoms with van der Waals surface area (Å²) in [5, 5.41) is 12.8. The fraction of sp³-hybridized carbons (Fsp3) is 0.292. The Kier molecular flexibility index (Phi) is 11.1. The number of imide groups is 1. The van der Waals surface area contributed by atoms with Crippen molar-refractivity contribution in [2.45, 2.75) is 31.8 Å². The number of nitrogens with one attached hydrogen (secondary N) is 3. The Bertz CT molecular complexity index is 1110. The van der Waals surface area contributed by atoms with Crippen molar-refractivity contribution in [3.63, 3.8) is 0 Å². The maximum atomic E-state index is 13.1. The zero-order chi connectivity index (χ0) is 26.9. The summed E-state index contributed by atoms with van der Waals surface area (Å²) in [6.07, 6.45) is -0.0933. The Morgan fingerprint density at radius 2 is 1.75 bits per heavy atom. The van der Waals surface area contributed by atoms with Crippen LogP contribution in [0.3, 0.4) is 0 Å². The molecule has 12 heteroatoms. The number of amides is 4. The summed E-state index contributed by atoms with van der Waals surface area (Å²) in [5.74, 6) is -1.79. The van der Waals surface area contributed by atoms with E-state index in [9.17, 15) is 19.2 Å². The van der Waals surface area contributed by atoms with Crippen LogP contribution in [0, 0.1) is 5.41 Å². The third kappa shape index (κ3) is 7.15. The quantitative estimate of drug-likeness (QED) is 0.103. The number of hydrogen-bond donors (Lipinski definition) is 4. The van der Waals surface area contributed by atoms with Gasteiger partial charge in [-0.05, 0) is 25.0 Å². The zero-order valence-corrected chi connectivity index (χ0v) is 24.0. The average Bonchev–Trinajstić information content (AvgIpc) is 3.09. The van der Waals surface area contributed by atoms with E-state index in [1.165, 1.54) is 0 Å². The molecule has 1 saturated heterocycles. The van der Waals surface area contributed by atoms with Gasteiger partial charge in [0.25, 0.3) is 5.91 Å². The van der Waals surface area contributed by atoms with Gasteiger partial charge in [-0.2, -0.15) is 0 Å². The van der Waals surface area contributed by atoms with Gasteiger partial charge in [0, 0.05) is 42.8 Å². The predicted octanol–water partition coefficient (Wildman–Crippen LogP) is 3.32. The smallest absolute Gasteiger partial charge is 0.325 e. The van der Waals surface area contributed by atoms with E-state index in [0.717, 1.165) is 4.90 Å². The molecule has 1 aliphatic heterocycles. The first kappa shape index (κ1) is 29.5. The number of carbonyl (C=O) groups excluding carboxylic acids is 4. The molecule has 5 N–H and O–H groups in total. The lowest BCUT2D eigenvalue weighted by Crippen LogP contribution is -2.44. The number of urea groups is 1. The topological polar surface area (TPSA) is 155 Å². The van der Waals surface area contributed by atoms with E-state index in [1.54, 1.807) is 62.4 Å². The van der Waals surface area contributed by atoms with Gasteiger partial charge in [-0.15, -0.1) is 0 Å². The second-order valence-corrected chi connectivity index (χ2v) is 7.98. The number of hydrogen-bond acceptors (Lipinski definition) is 6. The highest BCUT2D eigenvalue weighted by molar-refractivity contribution is 15.0. The number of benzene rings is 2. The minimum absolute atomic E-state index is 0.0933. The van der Waals surface area contributed by atoms with E-state index in [1.807, 2.05) is 6.07 Å². The van der Waals surface area contributed by atoms with Crippen molar-refractivity contribution in [2.75, 3.05) is 13.2 Å². The van der Waals surface area contributed by atoms with Crippen LogP contribution < -0.4 is 16.4 Å².